The first-order chi connectivity index (χ1) is 12.8. The predicted octanol–water partition coefficient (Wildman–Crippen LogP) is 3.29. The maximum Gasteiger partial charge on any atom is 0.326 e. The zero-order valence-electron chi connectivity index (χ0n) is 14.2. The van der Waals surface area contributed by atoms with Crippen LogP contribution in [0.3, 0.4) is 0 Å². The Labute approximate surface area is 149 Å². The highest BCUT2D eigenvalue weighted by Crippen LogP contribution is 2.30. The Balaban J connectivity index is 1.79. The molecule has 4 aromatic rings. The van der Waals surface area contributed by atoms with Gasteiger partial charge >= 0.3 is 5.69 Å². The highest BCUT2D eigenvalue weighted by molar-refractivity contribution is 6.03. The average molecular weight is 346 g/mol. The average Bonchev–Trinajstić information content (AvgIpc) is 3.05. The zero-order valence-corrected chi connectivity index (χ0v) is 14.2. The Bertz CT molecular complexity index is 1140. The van der Waals surface area contributed by atoms with Crippen molar-refractivity contribution in [1.82, 2.24) is 19.5 Å². The summed E-state index contributed by atoms with van der Waals surface area (Å²) in [5.41, 5.74) is 4.61. The third-order valence-electron chi connectivity index (χ3n) is 5.09. The molecule has 0 aliphatic carbocycles. The molecule has 0 saturated carbocycles. The van der Waals surface area contributed by atoms with Crippen molar-refractivity contribution >= 4 is 21.9 Å². The lowest BCUT2D eigenvalue weighted by atomic mass is 10.0. The van der Waals surface area contributed by atoms with Gasteiger partial charge in [-0.1, -0.05) is 12.1 Å². The molecular formula is C20H18N4O2. The molecule has 0 bridgehead atoms. The fourth-order valence-corrected chi connectivity index (χ4v) is 3.81. The minimum atomic E-state index is -0.0759. The van der Waals surface area contributed by atoms with Crippen molar-refractivity contribution in [2.24, 2.45) is 0 Å². The largest absolute Gasteiger partial charge is 0.381 e. The lowest BCUT2D eigenvalue weighted by Gasteiger charge is -2.23. The number of imidazole rings is 1. The van der Waals surface area contributed by atoms with Crippen molar-refractivity contribution in [2.45, 2.75) is 18.9 Å². The van der Waals surface area contributed by atoms with E-state index in [1.165, 1.54) is 0 Å². The Morgan fingerprint density at radius 2 is 2.00 bits per heavy atom. The van der Waals surface area contributed by atoms with E-state index >= 15 is 0 Å². The number of hydrogen-bond acceptors (Lipinski definition) is 4. The number of aromatic amines is 1. The highest BCUT2D eigenvalue weighted by Gasteiger charge is 2.22. The number of pyridine rings is 2. The van der Waals surface area contributed by atoms with Crippen molar-refractivity contribution in [3.63, 3.8) is 0 Å². The van der Waals surface area contributed by atoms with Gasteiger partial charge in [0.1, 0.15) is 0 Å². The summed E-state index contributed by atoms with van der Waals surface area (Å²) < 4.78 is 7.37. The molecule has 0 spiro atoms. The molecule has 1 saturated heterocycles. The quantitative estimate of drug-likeness (QED) is 0.604. The van der Waals surface area contributed by atoms with Crippen molar-refractivity contribution < 1.29 is 4.74 Å². The van der Waals surface area contributed by atoms with Crippen LogP contribution in [0.15, 0.2) is 53.7 Å². The zero-order chi connectivity index (χ0) is 17.5. The number of nitrogens with one attached hydrogen (secondary N) is 1. The number of aromatic nitrogens is 4. The van der Waals surface area contributed by atoms with E-state index in [4.69, 9.17) is 4.74 Å². The molecule has 0 radical (unpaired) electrons. The first kappa shape index (κ1) is 15.3. The second-order valence-corrected chi connectivity index (χ2v) is 6.64. The van der Waals surface area contributed by atoms with E-state index < -0.39 is 0 Å². The highest BCUT2D eigenvalue weighted by atomic mass is 16.5. The van der Waals surface area contributed by atoms with Gasteiger partial charge in [0.15, 0.2) is 0 Å². The number of hydrogen-bond donors (Lipinski definition) is 1. The second-order valence-electron chi connectivity index (χ2n) is 6.64. The lowest BCUT2D eigenvalue weighted by molar-refractivity contribution is 0.0698. The van der Waals surface area contributed by atoms with E-state index in [2.05, 4.69) is 21.0 Å². The normalized spacial score (nSPS) is 15.7. The predicted molar refractivity (Wildman–Crippen MR) is 100 cm³/mol. The number of fused-ring (bicyclic) bond motifs is 3. The molecule has 1 N–H and O–H groups in total. The van der Waals surface area contributed by atoms with Crippen molar-refractivity contribution in [3.8, 4) is 11.1 Å². The third-order valence-corrected chi connectivity index (χ3v) is 5.09. The van der Waals surface area contributed by atoms with Crippen molar-refractivity contribution in [2.75, 3.05) is 13.2 Å². The van der Waals surface area contributed by atoms with E-state index in [0.29, 0.717) is 13.2 Å². The summed E-state index contributed by atoms with van der Waals surface area (Å²) in [5.74, 6) is 0. The first-order valence-corrected chi connectivity index (χ1v) is 8.82. The number of H-pyrrole nitrogens is 1. The van der Waals surface area contributed by atoms with Gasteiger partial charge in [0.25, 0.3) is 0 Å². The van der Waals surface area contributed by atoms with E-state index in [1.807, 2.05) is 35.0 Å². The number of nitrogens with zero attached hydrogens (tertiary/aromatic N) is 3. The number of benzene rings is 1. The Morgan fingerprint density at radius 1 is 1.12 bits per heavy atom. The molecule has 0 atom stereocenters. The van der Waals surface area contributed by atoms with Crippen LogP contribution >= 0.6 is 0 Å². The summed E-state index contributed by atoms with van der Waals surface area (Å²) in [6, 6.07) is 10.3. The van der Waals surface area contributed by atoms with Crippen molar-refractivity contribution in [1.29, 1.82) is 0 Å². The van der Waals surface area contributed by atoms with Crippen LogP contribution < -0.4 is 5.69 Å². The monoisotopic (exact) mass is 346 g/mol. The van der Waals surface area contributed by atoms with Crippen LogP contribution in [-0.4, -0.2) is 32.7 Å². The second kappa shape index (κ2) is 6.07. The molecule has 5 rings (SSSR count). The smallest absolute Gasteiger partial charge is 0.326 e. The molecule has 4 heterocycles. The molecule has 1 aliphatic rings. The van der Waals surface area contributed by atoms with Crippen LogP contribution in [-0.2, 0) is 4.74 Å². The van der Waals surface area contributed by atoms with E-state index in [-0.39, 0.29) is 11.7 Å². The standard InChI is InChI=1S/C20H18N4O2/c25-20-23-18-12-22-17-4-3-13(14-2-1-7-21-11-14)10-16(17)19(18)24(20)15-5-8-26-9-6-15/h1-4,7,10-12,15H,5-6,8-9H2,(H,23,25). The van der Waals surface area contributed by atoms with Gasteiger partial charge in [0.05, 0.1) is 22.7 Å². The Kier molecular flexibility index (Phi) is 3.57. The lowest BCUT2D eigenvalue weighted by Crippen LogP contribution is -2.27. The van der Waals surface area contributed by atoms with E-state index in [0.717, 1.165) is 45.9 Å². The van der Waals surface area contributed by atoms with E-state index in [9.17, 15) is 4.79 Å². The molecule has 6 heteroatoms. The number of ether oxygens (including phenoxy) is 1. The summed E-state index contributed by atoms with van der Waals surface area (Å²) in [4.78, 5) is 24.4. The SMILES string of the molecule is O=c1[nH]c2cnc3ccc(-c4cccnc4)cc3c2n1C1CCOCC1. The van der Waals surface area contributed by atoms with Crippen LogP contribution in [0, 0.1) is 0 Å². The molecule has 26 heavy (non-hydrogen) atoms. The topological polar surface area (TPSA) is 72.8 Å². The van der Waals surface area contributed by atoms with Gasteiger partial charge in [0.2, 0.25) is 0 Å². The molecule has 3 aromatic heterocycles. The van der Waals surface area contributed by atoms with Gasteiger partial charge < -0.3 is 9.72 Å². The molecule has 0 amide bonds. The van der Waals surface area contributed by atoms with Gasteiger partial charge in [-0.3, -0.25) is 14.5 Å². The van der Waals surface area contributed by atoms with Crippen LogP contribution in [0.5, 0.6) is 0 Å². The molecule has 6 nitrogen and oxygen atoms in total. The summed E-state index contributed by atoms with van der Waals surface area (Å²) in [6.07, 6.45) is 7.05. The molecule has 1 fully saturated rings. The van der Waals surface area contributed by atoms with E-state index in [1.54, 1.807) is 12.4 Å². The first-order valence-electron chi connectivity index (χ1n) is 8.82. The fourth-order valence-electron chi connectivity index (χ4n) is 3.81. The fraction of sp³-hybridized carbons (Fsp3) is 0.250. The summed E-state index contributed by atoms with van der Waals surface area (Å²) in [7, 11) is 0. The van der Waals surface area contributed by atoms with Crippen LogP contribution in [0.25, 0.3) is 33.1 Å². The maximum atomic E-state index is 12.7. The van der Waals surface area contributed by atoms with Gasteiger partial charge in [-0.15, -0.1) is 0 Å². The van der Waals surface area contributed by atoms with Gasteiger partial charge in [0, 0.05) is 42.6 Å². The van der Waals surface area contributed by atoms with Crippen molar-refractivity contribution in [3.05, 3.63) is 59.4 Å². The maximum absolute atomic E-state index is 12.7. The minimum Gasteiger partial charge on any atom is -0.381 e. The van der Waals surface area contributed by atoms with Crippen LogP contribution in [0.2, 0.25) is 0 Å². The van der Waals surface area contributed by atoms with Gasteiger partial charge in [-0.2, -0.15) is 0 Å². The Morgan fingerprint density at radius 3 is 2.81 bits per heavy atom. The van der Waals surface area contributed by atoms with Crippen LogP contribution in [0.1, 0.15) is 18.9 Å². The number of rotatable bonds is 2. The summed E-state index contributed by atoms with van der Waals surface area (Å²) >= 11 is 0. The summed E-state index contributed by atoms with van der Waals surface area (Å²) in [5, 5.41) is 0.980. The van der Waals surface area contributed by atoms with Gasteiger partial charge in [-0.05, 0) is 36.6 Å². The van der Waals surface area contributed by atoms with Gasteiger partial charge in [-0.25, -0.2) is 4.79 Å². The molecule has 1 aliphatic heterocycles. The molecular weight excluding hydrogens is 328 g/mol. The Hall–Kier alpha value is -2.99. The molecule has 1 aromatic carbocycles. The molecule has 130 valence electrons. The molecule has 0 unspecified atom stereocenters. The summed E-state index contributed by atoms with van der Waals surface area (Å²) in [6.45, 7) is 1.38. The minimum absolute atomic E-state index is 0.0759. The third kappa shape index (κ3) is 2.42. The van der Waals surface area contributed by atoms with Crippen LogP contribution in [0.4, 0.5) is 0 Å².